The van der Waals surface area contributed by atoms with Crippen molar-refractivity contribution in [2.75, 3.05) is 7.05 Å². The van der Waals surface area contributed by atoms with Gasteiger partial charge in [0.05, 0.1) is 0 Å². The number of nitrogens with zero attached hydrogens (tertiary/aromatic N) is 3. The van der Waals surface area contributed by atoms with Gasteiger partial charge in [0.1, 0.15) is 0 Å². The van der Waals surface area contributed by atoms with Crippen molar-refractivity contribution in [1.82, 2.24) is 9.88 Å². The van der Waals surface area contributed by atoms with E-state index in [0.717, 1.165) is 5.56 Å². The van der Waals surface area contributed by atoms with Crippen LogP contribution in [-0.4, -0.2) is 45.7 Å². The Morgan fingerprint density at radius 3 is 2.74 bits per heavy atom. The Labute approximate surface area is 109 Å². The average molecular weight is 263 g/mol. The molecular weight excluding hydrogens is 250 g/mol. The molecule has 1 N–H and O–H groups in total. The van der Waals surface area contributed by atoms with Gasteiger partial charge in [0.15, 0.2) is 5.71 Å². The van der Waals surface area contributed by atoms with Crippen molar-refractivity contribution in [3.8, 4) is 0 Å². The minimum atomic E-state index is -1.16. The van der Waals surface area contributed by atoms with Crippen molar-refractivity contribution in [3.63, 3.8) is 0 Å². The summed E-state index contributed by atoms with van der Waals surface area (Å²) in [7, 11) is 1.63. The van der Waals surface area contributed by atoms with Gasteiger partial charge < -0.3 is 14.8 Å². The lowest BCUT2D eigenvalue weighted by Gasteiger charge is -2.19. The lowest BCUT2D eigenvalue weighted by Crippen LogP contribution is -2.36. The molecule has 1 atom stereocenters. The number of hydrogen-bond donors (Lipinski definition) is 1. The van der Waals surface area contributed by atoms with Gasteiger partial charge in [-0.25, -0.2) is 4.79 Å². The molecule has 0 bridgehead atoms. The second-order valence-electron chi connectivity index (χ2n) is 4.19. The van der Waals surface area contributed by atoms with Crippen LogP contribution in [0.25, 0.3) is 0 Å². The Kier molecular flexibility index (Phi) is 3.74. The summed E-state index contributed by atoms with van der Waals surface area (Å²) in [4.78, 5) is 32.9. The van der Waals surface area contributed by atoms with Crippen LogP contribution in [0.5, 0.6) is 0 Å². The molecule has 1 amide bonds. The van der Waals surface area contributed by atoms with Crippen molar-refractivity contribution < 1.29 is 19.5 Å². The van der Waals surface area contributed by atoms with E-state index in [-0.39, 0.29) is 18.0 Å². The largest absolute Gasteiger partial charge is 0.477 e. The molecule has 19 heavy (non-hydrogen) atoms. The molecule has 1 unspecified atom stereocenters. The molecule has 100 valence electrons. The molecular formula is C12H13N3O4. The number of hydrogen-bond acceptors (Lipinski definition) is 5. The lowest BCUT2D eigenvalue weighted by molar-refractivity contribution is -0.141. The van der Waals surface area contributed by atoms with Gasteiger partial charge >= 0.3 is 5.97 Å². The molecule has 7 heteroatoms. The molecule has 0 spiro atoms. The van der Waals surface area contributed by atoms with E-state index in [2.05, 4.69) is 10.1 Å². The second kappa shape index (κ2) is 5.47. The van der Waals surface area contributed by atoms with E-state index in [1.807, 2.05) is 0 Å². The van der Waals surface area contributed by atoms with Crippen molar-refractivity contribution in [1.29, 1.82) is 0 Å². The molecule has 0 aromatic carbocycles. The van der Waals surface area contributed by atoms with Gasteiger partial charge in [-0.05, 0) is 17.7 Å². The SMILES string of the molecule is CN(Cc1ccncc1)C(=O)C1CC(C(=O)O)=NO1. The van der Waals surface area contributed by atoms with Crippen molar-refractivity contribution in [2.24, 2.45) is 5.16 Å². The van der Waals surface area contributed by atoms with E-state index in [1.165, 1.54) is 4.90 Å². The summed E-state index contributed by atoms with van der Waals surface area (Å²) in [5, 5.41) is 12.1. The van der Waals surface area contributed by atoms with E-state index in [1.54, 1.807) is 31.6 Å². The van der Waals surface area contributed by atoms with Crippen LogP contribution in [-0.2, 0) is 21.0 Å². The molecule has 7 nitrogen and oxygen atoms in total. The number of rotatable bonds is 4. The van der Waals surface area contributed by atoms with Gasteiger partial charge in [0, 0.05) is 32.4 Å². The maximum Gasteiger partial charge on any atom is 0.353 e. The number of aromatic nitrogens is 1. The number of pyridine rings is 1. The fourth-order valence-electron chi connectivity index (χ4n) is 1.72. The monoisotopic (exact) mass is 263 g/mol. The van der Waals surface area contributed by atoms with Gasteiger partial charge in [-0.3, -0.25) is 9.78 Å². The summed E-state index contributed by atoms with van der Waals surface area (Å²) < 4.78 is 0. The van der Waals surface area contributed by atoms with Gasteiger partial charge in [0.2, 0.25) is 6.10 Å². The van der Waals surface area contributed by atoms with E-state index >= 15 is 0 Å². The van der Waals surface area contributed by atoms with E-state index < -0.39 is 12.1 Å². The molecule has 2 heterocycles. The number of carbonyl (C=O) groups excluding carboxylic acids is 1. The number of carbonyl (C=O) groups is 2. The maximum absolute atomic E-state index is 12.0. The fourth-order valence-corrected chi connectivity index (χ4v) is 1.72. The molecule has 0 fully saturated rings. The van der Waals surface area contributed by atoms with Gasteiger partial charge in [-0.15, -0.1) is 0 Å². The Morgan fingerprint density at radius 1 is 1.47 bits per heavy atom. The maximum atomic E-state index is 12.0. The number of carboxylic acids is 1. The van der Waals surface area contributed by atoms with Crippen LogP contribution in [0, 0.1) is 0 Å². The van der Waals surface area contributed by atoms with Gasteiger partial charge in [0.25, 0.3) is 5.91 Å². The van der Waals surface area contributed by atoms with Crippen molar-refractivity contribution in [2.45, 2.75) is 19.1 Å². The van der Waals surface area contributed by atoms with Crippen molar-refractivity contribution in [3.05, 3.63) is 30.1 Å². The summed E-state index contributed by atoms with van der Waals surface area (Å²) in [6.07, 6.45) is 2.43. The molecule has 1 aliphatic rings. The van der Waals surface area contributed by atoms with Crippen LogP contribution in [0.3, 0.4) is 0 Å². The standard InChI is InChI=1S/C12H13N3O4/c1-15(7-8-2-4-13-5-3-8)11(16)10-6-9(12(17)18)14-19-10/h2-5,10H,6-7H2,1H3,(H,17,18). The molecule has 0 saturated heterocycles. The van der Waals surface area contributed by atoms with Crippen LogP contribution < -0.4 is 0 Å². The predicted octanol–water partition coefficient (Wildman–Crippen LogP) is 0.270. The first-order chi connectivity index (χ1) is 9.08. The van der Waals surface area contributed by atoms with E-state index in [4.69, 9.17) is 9.94 Å². The number of likely N-dealkylation sites (N-methyl/N-ethyl adjacent to an activating group) is 1. The molecule has 1 aliphatic heterocycles. The highest BCUT2D eigenvalue weighted by molar-refractivity contribution is 6.36. The topological polar surface area (TPSA) is 92.1 Å². The first kappa shape index (κ1) is 13.0. The zero-order valence-corrected chi connectivity index (χ0v) is 10.3. The smallest absolute Gasteiger partial charge is 0.353 e. The van der Waals surface area contributed by atoms with Crippen LogP contribution in [0.2, 0.25) is 0 Å². The summed E-state index contributed by atoms with van der Waals surface area (Å²) in [5.41, 5.74) is 0.805. The number of amides is 1. The molecule has 0 aliphatic carbocycles. The summed E-state index contributed by atoms with van der Waals surface area (Å²) in [6, 6.07) is 3.61. The Balaban J connectivity index is 1.92. The Bertz CT molecular complexity index is 515. The number of aliphatic carboxylic acids is 1. The predicted molar refractivity (Wildman–Crippen MR) is 65.3 cm³/mol. The summed E-state index contributed by atoms with van der Waals surface area (Å²) in [6.45, 7) is 0.406. The third-order valence-corrected chi connectivity index (χ3v) is 2.74. The summed E-state index contributed by atoms with van der Waals surface area (Å²) in [5.74, 6) is -1.45. The minimum absolute atomic E-state index is 0.00511. The lowest BCUT2D eigenvalue weighted by atomic mass is 10.1. The molecule has 1 aromatic heterocycles. The minimum Gasteiger partial charge on any atom is -0.477 e. The first-order valence-electron chi connectivity index (χ1n) is 5.68. The highest BCUT2D eigenvalue weighted by atomic mass is 16.6. The zero-order valence-electron chi connectivity index (χ0n) is 10.3. The van der Waals surface area contributed by atoms with Gasteiger partial charge in [-0.2, -0.15) is 0 Å². The fraction of sp³-hybridized carbons (Fsp3) is 0.333. The highest BCUT2D eigenvalue weighted by Crippen LogP contribution is 2.14. The third-order valence-electron chi connectivity index (χ3n) is 2.74. The normalized spacial score (nSPS) is 17.5. The zero-order chi connectivity index (χ0) is 13.8. The van der Waals surface area contributed by atoms with Crippen LogP contribution in [0.15, 0.2) is 29.7 Å². The first-order valence-corrected chi connectivity index (χ1v) is 5.68. The number of oxime groups is 1. The second-order valence-corrected chi connectivity index (χ2v) is 4.19. The quantitative estimate of drug-likeness (QED) is 0.841. The summed E-state index contributed by atoms with van der Waals surface area (Å²) >= 11 is 0. The molecule has 0 saturated carbocycles. The Morgan fingerprint density at radius 2 is 2.16 bits per heavy atom. The van der Waals surface area contributed by atoms with Crippen molar-refractivity contribution >= 4 is 17.6 Å². The molecule has 1 aromatic rings. The Hall–Kier alpha value is -2.44. The van der Waals surface area contributed by atoms with Crippen LogP contribution in [0.1, 0.15) is 12.0 Å². The molecule has 0 radical (unpaired) electrons. The highest BCUT2D eigenvalue weighted by Gasteiger charge is 2.33. The third kappa shape index (κ3) is 3.06. The number of carboxylic acid groups (broad SMARTS) is 1. The van der Waals surface area contributed by atoms with Crippen LogP contribution in [0.4, 0.5) is 0 Å². The molecule has 2 rings (SSSR count). The van der Waals surface area contributed by atoms with E-state index in [0.29, 0.717) is 6.54 Å². The van der Waals surface area contributed by atoms with E-state index in [9.17, 15) is 9.59 Å². The van der Waals surface area contributed by atoms with Crippen LogP contribution >= 0.6 is 0 Å². The van der Waals surface area contributed by atoms with Gasteiger partial charge in [-0.1, -0.05) is 5.16 Å². The average Bonchev–Trinajstić information content (AvgIpc) is 2.88.